The Hall–Kier alpha value is -1.82. The maximum atomic E-state index is 8.63. The molecule has 0 radical (unpaired) electrons. The molecule has 0 aliphatic heterocycles. The Morgan fingerprint density at radius 2 is 2.42 bits per heavy atom. The predicted molar refractivity (Wildman–Crippen MR) is 45.5 cm³/mol. The molecular weight excluding hydrogens is 150 g/mol. The molecule has 0 aromatic carbocycles. The number of hydrogen-bond acceptors (Lipinski definition) is 2. The third kappa shape index (κ3) is 0.857. The van der Waals surface area contributed by atoms with Crippen LogP contribution in [0.4, 0.5) is 0 Å². The van der Waals surface area contributed by atoms with E-state index in [-0.39, 0.29) is 0 Å². The molecule has 2 rings (SSSR count). The number of nitriles is 1. The maximum Gasteiger partial charge on any atom is 0.143 e. The first-order chi connectivity index (χ1) is 5.81. The van der Waals surface area contributed by atoms with Crippen molar-refractivity contribution in [3.05, 3.63) is 29.6 Å². The van der Waals surface area contributed by atoms with E-state index in [1.54, 1.807) is 6.07 Å². The van der Waals surface area contributed by atoms with E-state index >= 15 is 0 Å². The van der Waals surface area contributed by atoms with Gasteiger partial charge in [0, 0.05) is 11.6 Å². The van der Waals surface area contributed by atoms with Gasteiger partial charge in [0.15, 0.2) is 0 Å². The second-order valence-corrected chi connectivity index (χ2v) is 2.68. The van der Waals surface area contributed by atoms with Gasteiger partial charge in [-0.1, -0.05) is 0 Å². The number of rotatable bonds is 0. The third-order valence-electron chi connectivity index (χ3n) is 1.85. The molecule has 0 spiro atoms. The van der Waals surface area contributed by atoms with Crippen LogP contribution in [0.25, 0.3) is 11.0 Å². The highest BCUT2D eigenvalue weighted by molar-refractivity contribution is 5.79. The molecule has 1 N–H and O–H groups in total. The van der Waals surface area contributed by atoms with Crippen molar-refractivity contribution in [2.75, 3.05) is 0 Å². The smallest absolute Gasteiger partial charge is 0.143 e. The highest BCUT2D eigenvalue weighted by Gasteiger charge is 2.01. The van der Waals surface area contributed by atoms with Gasteiger partial charge in [0.25, 0.3) is 0 Å². The molecule has 12 heavy (non-hydrogen) atoms. The Labute approximate surface area is 69.7 Å². The Morgan fingerprint density at radius 3 is 3.17 bits per heavy atom. The first-order valence-corrected chi connectivity index (χ1v) is 3.66. The molecule has 0 bridgehead atoms. The van der Waals surface area contributed by atoms with Crippen LogP contribution in [0.1, 0.15) is 11.3 Å². The van der Waals surface area contributed by atoms with Crippen molar-refractivity contribution < 1.29 is 0 Å². The average Bonchev–Trinajstić information content (AvgIpc) is 2.52. The zero-order valence-corrected chi connectivity index (χ0v) is 6.63. The Kier molecular flexibility index (Phi) is 1.34. The van der Waals surface area contributed by atoms with Crippen molar-refractivity contribution in [1.82, 2.24) is 9.97 Å². The fourth-order valence-corrected chi connectivity index (χ4v) is 1.26. The van der Waals surface area contributed by atoms with Gasteiger partial charge in [0.1, 0.15) is 17.4 Å². The number of hydrogen-bond donors (Lipinski definition) is 1. The lowest BCUT2D eigenvalue weighted by atomic mass is 10.2. The van der Waals surface area contributed by atoms with E-state index in [1.165, 1.54) is 0 Å². The van der Waals surface area contributed by atoms with Gasteiger partial charge in [-0.25, -0.2) is 4.98 Å². The number of nitrogens with zero attached hydrogens (tertiary/aromatic N) is 2. The lowest BCUT2D eigenvalue weighted by molar-refractivity contribution is 1.26. The molecule has 2 heterocycles. The highest BCUT2D eigenvalue weighted by Crippen LogP contribution is 2.15. The van der Waals surface area contributed by atoms with Gasteiger partial charge in [0.2, 0.25) is 0 Å². The number of aromatic nitrogens is 2. The SMILES string of the molecule is Cc1cc(C#N)nc2[nH]ccc12. The quantitative estimate of drug-likeness (QED) is 0.633. The predicted octanol–water partition coefficient (Wildman–Crippen LogP) is 1.74. The van der Waals surface area contributed by atoms with Crippen LogP contribution in [-0.4, -0.2) is 9.97 Å². The van der Waals surface area contributed by atoms with Gasteiger partial charge in [-0.2, -0.15) is 5.26 Å². The van der Waals surface area contributed by atoms with Gasteiger partial charge in [-0.05, 0) is 24.6 Å². The van der Waals surface area contributed by atoms with Gasteiger partial charge in [0.05, 0.1) is 0 Å². The van der Waals surface area contributed by atoms with Crippen LogP contribution in [0.2, 0.25) is 0 Å². The molecule has 0 saturated heterocycles. The first kappa shape index (κ1) is 6.86. The first-order valence-electron chi connectivity index (χ1n) is 3.66. The van der Waals surface area contributed by atoms with E-state index in [1.807, 2.05) is 25.3 Å². The molecule has 0 aliphatic carbocycles. The standard InChI is InChI=1S/C9H7N3/c1-6-4-7(5-10)12-9-8(6)2-3-11-9/h2-4H,1H3,(H,11,12). The van der Waals surface area contributed by atoms with Gasteiger partial charge >= 0.3 is 0 Å². The molecule has 0 amide bonds. The number of aromatic amines is 1. The summed E-state index contributed by atoms with van der Waals surface area (Å²) >= 11 is 0. The van der Waals surface area contributed by atoms with Crippen LogP contribution in [-0.2, 0) is 0 Å². The fraction of sp³-hybridized carbons (Fsp3) is 0.111. The van der Waals surface area contributed by atoms with Crippen molar-refractivity contribution >= 4 is 11.0 Å². The summed E-state index contributed by atoms with van der Waals surface area (Å²) < 4.78 is 0. The van der Waals surface area contributed by atoms with Gasteiger partial charge in [-0.15, -0.1) is 0 Å². The Morgan fingerprint density at radius 1 is 1.58 bits per heavy atom. The molecule has 0 saturated carbocycles. The summed E-state index contributed by atoms with van der Waals surface area (Å²) in [6.07, 6.45) is 1.83. The fourth-order valence-electron chi connectivity index (χ4n) is 1.26. The molecule has 0 atom stereocenters. The Bertz CT molecular complexity index is 462. The second kappa shape index (κ2) is 2.35. The summed E-state index contributed by atoms with van der Waals surface area (Å²) in [5, 5.41) is 9.71. The summed E-state index contributed by atoms with van der Waals surface area (Å²) in [5.74, 6) is 0. The van der Waals surface area contributed by atoms with E-state index in [9.17, 15) is 0 Å². The van der Waals surface area contributed by atoms with Crippen molar-refractivity contribution in [3.63, 3.8) is 0 Å². The average molecular weight is 157 g/mol. The second-order valence-electron chi connectivity index (χ2n) is 2.68. The molecule has 2 aromatic rings. The molecule has 0 aliphatic rings. The number of aryl methyl sites for hydroxylation is 1. The molecule has 0 fully saturated rings. The van der Waals surface area contributed by atoms with Crippen LogP contribution in [0.5, 0.6) is 0 Å². The van der Waals surface area contributed by atoms with E-state index in [4.69, 9.17) is 5.26 Å². The third-order valence-corrected chi connectivity index (χ3v) is 1.85. The van der Waals surface area contributed by atoms with Crippen molar-refractivity contribution in [1.29, 1.82) is 5.26 Å². The summed E-state index contributed by atoms with van der Waals surface area (Å²) in [6, 6.07) is 5.76. The number of nitrogens with one attached hydrogen (secondary N) is 1. The minimum atomic E-state index is 0.461. The minimum Gasteiger partial charge on any atom is -0.346 e. The molecular formula is C9H7N3. The van der Waals surface area contributed by atoms with Gasteiger partial charge < -0.3 is 4.98 Å². The van der Waals surface area contributed by atoms with Crippen LogP contribution >= 0.6 is 0 Å². The van der Waals surface area contributed by atoms with Crippen LogP contribution in [0.3, 0.4) is 0 Å². The lowest BCUT2D eigenvalue weighted by Gasteiger charge is -1.94. The summed E-state index contributed by atoms with van der Waals surface area (Å²) in [7, 11) is 0. The summed E-state index contributed by atoms with van der Waals surface area (Å²) in [6.45, 7) is 1.97. The van der Waals surface area contributed by atoms with Gasteiger partial charge in [-0.3, -0.25) is 0 Å². The summed E-state index contributed by atoms with van der Waals surface area (Å²) in [4.78, 5) is 7.07. The van der Waals surface area contributed by atoms with E-state index in [0.29, 0.717) is 5.69 Å². The number of pyridine rings is 1. The van der Waals surface area contributed by atoms with Crippen LogP contribution < -0.4 is 0 Å². The number of fused-ring (bicyclic) bond motifs is 1. The van der Waals surface area contributed by atoms with E-state index in [2.05, 4.69) is 9.97 Å². The topological polar surface area (TPSA) is 52.5 Å². The largest absolute Gasteiger partial charge is 0.346 e. The Balaban J connectivity index is 2.86. The van der Waals surface area contributed by atoms with Crippen molar-refractivity contribution in [2.45, 2.75) is 6.92 Å². The monoisotopic (exact) mass is 157 g/mol. The van der Waals surface area contributed by atoms with E-state index in [0.717, 1.165) is 16.6 Å². The van der Waals surface area contributed by atoms with Crippen LogP contribution in [0, 0.1) is 18.3 Å². The molecule has 58 valence electrons. The molecule has 3 nitrogen and oxygen atoms in total. The van der Waals surface area contributed by atoms with Crippen molar-refractivity contribution in [2.24, 2.45) is 0 Å². The summed E-state index contributed by atoms with van der Waals surface area (Å²) in [5.41, 5.74) is 2.33. The van der Waals surface area contributed by atoms with Crippen molar-refractivity contribution in [3.8, 4) is 6.07 Å². The molecule has 0 unspecified atom stereocenters. The molecule has 2 aromatic heterocycles. The highest BCUT2D eigenvalue weighted by atomic mass is 14.8. The zero-order chi connectivity index (χ0) is 8.55. The maximum absolute atomic E-state index is 8.63. The van der Waals surface area contributed by atoms with E-state index < -0.39 is 0 Å². The molecule has 3 heteroatoms. The minimum absolute atomic E-state index is 0.461. The van der Waals surface area contributed by atoms with Crippen LogP contribution in [0.15, 0.2) is 18.3 Å². The zero-order valence-electron chi connectivity index (χ0n) is 6.63. The number of H-pyrrole nitrogens is 1. The normalized spacial score (nSPS) is 10.0. The lowest BCUT2D eigenvalue weighted by Crippen LogP contribution is -1.85.